The van der Waals surface area contributed by atoms with Crippen LogP contribution in [-0.4, -0.2) is 32.2 Å². The molecule has 0 aliphatic rings. The second-order valence-electron chi connectivity index (χ2n) is 1.60. The number of hydrogen-bond donors (Lipinski definition) is 3. The van der Waals surface area contributed by atoms with E-state index in [9.17, 15) is 0 Å². The van der Waals surface area contributed by atoms with E-state index in [-0.39, 0.29) is 0 Å². The van der Waals surface area contributed by atoms with Crippen LogP contribution in [0, 0.1) is 0 Å². The molecule has 4 nitrogen and oxygen atoms in total. The van der Waals surface area contributed by atoms with Crippen LogP contribution >= 0.6 is 0 Å². The molecule has 0 radical (unpaired) electrons. The summed E-state index contributed by atoms with van der Waals surface area (Å²) in [6, 6.07) is 0. The van der Waals surface area contributed by atoms with E-state index in [1.54, 1.807) is 0 Å². The summed E-state index contributed by atoms with van der Waals surface area (Å²) in [6.45, 7) is 1.71. The monoisotopic (exact) mass is 118 g/mol. The zero-order chi connectivity index (χ0) is 6.41. The van der Waals surface area contributed by atoms with Crippen molar-refractivity contribution < 1.29 is 0 Å². The Kier molecular flexibility index (Phi) is 4.89. The summed E-state index contributed by atoms with van der Waals surface area (Å²) in [5.74, 6) is 5.03. The predicted octanol–water partition coefficient (Wildman–Crippen LogP) is -1.48. The van der Waals surface area contributed by atoms with Crippen molar-refractivity contribution in [2.24, 2.45) is 5.84 Å². The van der Waals surface area contributed by atoms with Gasteiger partial charge in [-0.15, -0.1) is 0 Å². The molecule has 0 aromatic rings. The average Bonchev–Trinajstić information content (AvgIpc) is 1.83. The first-order valence-electron chi connectivity index (χ1n) is 2.63. The highest BCUT2D eigenvalue weighted by atomic mass is 15.5. The summed E-state index contributed by atoms with van der Waals surface area (Å²) < 4.78 is 0. The van der Waals surface area contributed by atoms with E-state index in [1.807, 2.05) is 19.1 Å². The molecule has 0 spiro atoms. The molecule has 0 aromatic carbocycles. The zero-order valence-electron chi connectivity index (χ0n) is 5.44. The summed E-state index contributed by atoms with van der Waals surface area (Å²) in [5, 5.41) is 1.94. The predicted molar refractivity (Wildman–Crippen MR) is 33.9 cm³/mol. The molecule has 8 heavy (non-hydrogen) atoms. The smallest absolute Gasteiger partial charge is 0.0266 e. The highest BCUT2D eigenvalue weighted by molar-refractivity contribution is 4.41. The number of hydrogen-bond acceptors (Lipinski definition) is 4. The minimum absolute atomic E-state index is 0.803. The lowest BCUT2D eigenvalue weighted by molar-refractivity contribution is 0.260. The van der Waals surface area contributed by atoms with Gasteiger partial charge < -0.3 is 0 Å². The van der Waals surface area contributed by atoms with Gasteiger partial charge in [-0.05, 0) is 7.05 Å². The Labute approximate surface area is 50.0 Å². The summed E-state index contributed by atoms with van der Waals surface area (Å²) in [5.41, 5.74) is 5.49. The van der Waals surface area contributed by atoms with Gasteiger partial charge in [0.15, 0.2) is 0 Å². The molecular weight excluding hydrogens is 104 g/mol. The van der Waals surface area contributed by atoms with Crippen LogP contribution in [0.4, 0.5) is 0 Å². The van der Waals surface area contributed by atoms with Crippen LogP contribution in [0.2, 0.25) is 0 Å². The van der Waals surface area contributed by atoms with E-state index >= 15 is 0 Å². The van der Waals surface area contributed by atoms with E-state index in [1.165, 1.54) is 0 Å². The lowest BCUT2D eigenvalue weighted by atomic mass is 10.6. The van der Waals surface area contributed by atoms with Gasteiger partial charge in [0.25, 0.3) is 0 Å². The van der Waals surface area contributed by atoms with Crippen molar-refractivity contribution >= 4 is 0 Å². The van der Waals surface area contributed by atoms with E-state index in [2.05, 4.69) is 10.9 Å². The maximum atomic E-state index is 5.03. The molecule has 4 N–H and O–H groups in total. The second-order valence-corrected chi connectivity index (χ2v) is 1.60. The van der Waals surface area contributed by atoms with Crippen molar-refractivity contribution in [3.63, 3.8) is 0 Å². The van der Waals surface area contributed by atoms with Crippen LogP contribution < -0.4 is 16.7 Å². The molecule has 0 heterocycles. The fraction of sp³-hybridized carbons (Fsp3) is 1.00. The molecule has 0 aromatic heterocycles. The van der Waals surface area contributed by atoms with Crippen molar-refractivity contribution in [1.29, 1.82) is 0 Å². The minimum Gasteiger partial charge on any atom is -0.271 e. The quantitative estimate of drug-likeness (QED) is 0.311. The van der Waals surface area contributed by atoms with Gasteiger partial charge in [-0.2, -0.15) is 0 Å². The van der Waals surface area contributed by atoms with Gasteiger partial charge >= 0.3 is 0 Å². The van der Waals surface area contributed by atoms with Crippen molar-refractivity contribution in [3.05, 3.63) is 0 Å². The number of nitrogens with two attached hydrogens (primary N) is 1. The molecule has 0 atom stereocenters. The van der Waals surface area contributed by atoms with Crippen LogP contribution in [0.15, 0.2) is 0 Å². The Balaban J connectivity index is 2.86. The molecule has 0 aliphatic heterocycles. The molecule has 0 bridgehead atoms. The molecule has 0 aliphatic carbocycles. The standard InChI is InChI=1S/C4H14N4/c1-6-8(2)4-3-7-5/h6-7H,3-5H2,1-2H3. The number of rotatable bonds is 4. The summed E-state index contributed by atoms with van der Waals surface area (Å²) in [7, 11) is 3.83. The Morgan fingerprint density at radius 3 is 2.62 bits per heavy atom. The van der Waals surface area contributed by atoms with Gasteiger partial charge in [0.2, 0.25) is 0 Å². The Morgan fingerprint density at radius 2 is 2.25 bits per heavy atom. The molecular formula is C4H14N4. The molecule has 0 fully saturated rings. The highest BCUT2D eigenvalue weighted by Crippen LogP contribution is 1.66. The highest BCUT2D eigenvalue weighted by Gasteiger charge is 1.88. The lowest BCUT2D eigenvalue weighted by Crippen LogP contribution is -2.38. The summed E-state index contributed by atoms with van der Waals surface area (Å²) >= 11 is 0. The number of likely N-dealkylation sites (N-methyl/N-ethyl adjacent to an activating group) is 1. The largest absolute Gasteiger partial charge is 0.271 e. The normalized spacial score (nSPS) is 10.5. The first-order valence-corrected chi connectivity index (χ1v) is 2.63. The van der Waals surface area contributed by atoms with Crippen molar-refractivity contribution in [2.75, 3.05) is 27.2 Å². The summed E-state index contributed by atoms with van der Waals surface area (Å²) in [6.07, 6.45) is 0. The topological polar surface area (TPSA) is 53.3 Å². The summed E-state index contributed by atoms with van der Waals surface area (Å²) in [4.78, 5) is 0. The van der Waals surface area contributed by atoms with E-state index < -0.39 is 0 Å². The maximum absolute atomic E-state index is 5.03. The first-order chi connectivity index (χ1) is 3.81. The SMILES string of the molecule is CNN(C)CCNN. The van der Waals surface area contributed by atoms with Crippen molar-refractivity contribution in [1.82, 2.24) is 15.9 Å². The third-order valence-electron chi connectivity index (χ3n) is 0.973. The van der Waals surface area contributed by atoms with Crippen molar-refractivity contribution in [3.8, 4) is 0 Å². The second kappa shape index (κ2) is 4.99. The van der Waals surface area contributed by atoms with Crippen LogP contribution in [0.5, 0.6) is 0 Å². The number of hydrazine groups is 2. The zero-order valence-corrected chi connectivity index (χ0v) is 5.44. The van der Waals surface area contributed by atoms with E-state index in [0.717, 1.165) is 13.1 Å². The van der Waals surface area contributed by atoms with Crippen LogP contribution in [0.3, 0.4) is 0 Å². The third kappa shape index (κ3) is 4.01. The van der Waals surface area contributed by atoms with Crippen LogP contribution in [-0.2, 0) is 0 Å². The Hall–Kier alpha value is -0.160. The molecule has 0 saturated carbocycles. The van der Waals surface area contributed by atoms with Gasteiger partial charge in [0.1, 0.15) is 0 Å². The number of nitrogens with one attached hydrogen (secondary N) is 2. The van der Waals surface area contributed by atoms with E-state index in [4.69, 9.17) is 5.84 Å². The van der Waals surface area contributed by atoms with Crippen LogP contribution in [0.25, 0.3) is 0 Å². The fourth-order valence-corrected chi connectivity index (χ4v) is 0.344. The third-order valence-corrected chi connectivity index (χ3v) is 0.973. The lowest BCUT2D eigenvalue weighted by Gasteiger charge is -2.13. The molecule has 4 heteroatoms. The fourth-order valence-electron chi connectivity index (χ4n) is 0.344. The van der Waals surface area contributed by atoms with Gasteiger partial charge in [-0.25, -0.2) is 5.01 Å². The molecule has 50 valence electrons. The molecule has 0 saturated heterocycles. The van der Waals surface area contributed by atoms with E-state index in [0.29, 0.717) is 0 Å². The van der Waals surface area contributed by atoms with Gasteiger partial charge in [-0.1, -0.05) is 0 Å². The Bertz CT molecular complexity index is 47.3. The van der Waals surface area contributed by atoms with Crippen LogP contribution in [0.1, 0.15) is 0 Å². The van der Waals surface area contributed by atoms with Gasteiger partial charge in [0.05, 0.1) is 0 Å². The Morgan fingerprint density at radius 1 is 1.62 bits per heavy atom. The number of nitrogens with zero attached hydrogens (tertiary/aromatic N) is 1. The van der Waals surface area contributed by atoms with Gasteiger partial charge in [-0.3, -0.25) is 16.7 Å². The average molecular weight is 118 g/mol. The molecule has 0 unspecified atom stereocenters. The van der Waals surface area contributed by atoms with Gasteiger partial charge in [0, 0.05) is 20.1 Å². The molecule has 0 rings (SSSR count). The van der Waals surface area contributed by atoms with Crippen molar-refractivity contribution in [2.45, 2.75) is 0 Å². The minimum atomic E-state index is 0.803. The molecule has 0 amide bonds. The first kappa shape index (κ1) is 7.84. The maximum Gasteiger partial charge on any atom is 0.0266 e.